The Hall–Kier alpha value is -2.89. The van der Waals surface area contributed by atoms with E-state index in [1.165, 1.54) is 17.2 Å². The van der Waals surface area contributed by atoms with Crippen LogP contribution >= 0.6 is 0 Å². The molecule has 2 aromatic rings. The van der Waals surface area contributed by atoms with Crippen LogP contribution in [0.3, 0.4) is 0 Å². The molecular weight excluding hydrogens is 450 g/mol. The van der Waals surface area contributed by atoms with Crippen LogP contribution in [0.15, 0.2) is 42.0 Å². The second kappa shape index (κ2) is 9.29. The third-order valence-electron chi connectivity index (χ3n) is 8.40. The molecule has 0 saturated heterocycles. The molecule has 0 N–H and O–H groups in total. The van der Waals surface area contributed by atoms with Crippen molar-refractivity contribution in [1.29, 1.82) is 0 Å². The molecular formula is C29H32F2O4. The summed E-state index contributed by atoms with van der Waals surface area (Å²) in [7, 11) is 1.70. The third-order valence-corrected chi connectivity index (χ3v) is 8.40. The van der Waals surface area contributed by atoms with E-state index in [9.17, 15) is 13.6 Å². The van der Waals surface area contributed by atoms with Gasteiger partial charge in [0, 0.05) is 5.41 Å². The zero-order chi connectivity index (χ0) is 24.7. The van der Waals surface area contributed by atoms with Crippen LogP contribution in [0, 0.1) is 17.3 Å². The molecule has 0 aromatic heterocycles. The average molecular weight is 483 g/mol. The zero-order valence-electron chi connectivity index (χ0n) is 20.5. The van der Waals surface area contributed by atoms with E-state index >= 15 is 0 Å². The van der Waals surface area contributed by atoms with Crippen LogP contribution < -0.4 is 14.2 Å². The largest absolute Gasteiger partial charge is 0.497 e. The minimum Gasteiger partial charge on any atom is -0.497 e. The molecule has 0 amide bonds. The normalized spacial score (nSPS) is 28.5. The molecule has 4 atom stereocenters. The van der Waals surface area contributed by atoms with E-state index in [-0.39, 0.29) is 22.7 Å². The minimum atomic E-state index is -2.92. The molecule has 35 heavy (non-hydrogen) atoms. The second-order valence-corrected chi connectivity index (χ2v) is 10.2. The number of allylic oxidation sites excluding steroid dienone is 1. The highest BCUT2D eigenvalue weighted by Gasteiger charge is 2.56. The lowest BCUT2D eigenvalue weighted by Crippen LogP contribution is -2.42. The number of ether oxygens (including phenoxy) is 3. The van der Waals surface area contributed by atoms with Gasteiger partial charge >= 0.3 is 6.61 Å². The smallest absolute Gasteiger partial charge is 0.387 e. The van der Waals surface area contributed by atoms with Gasteiger partial charge in [-0.25, -0.2) is 0 Å². The van der Waals surface area contributed by atoms with E-state index in [1.807, 2.05) is 6.08 Å². The van der Waals surface area contributed by atoms with Crippen molar-refractivity contribution in [2.24, 2.45) is 17.3 Å². The molecule has 3 aliphatic carbocycles. The van der Waals surface area contributed by atoms with Crippen molar-refractivity contribution >= 4 is 11.9 Å². The Morgan fingerprint density at radius 3 is 2.71 bits per heavy atom. The predicted molar refractivity (Wildman–Crippen MR) is 130 cm³/mol. The van der Waals surface area contributed by atoms with Crippen molar-refractivity contribution in [1.82, 2.24) is 0 Å². The Morgan fingerprint density at radius 1 is 1.14 bits per heavy atom. The van der Waals surface area contributed by atoms with Gasteiger partial charge in [-0.3, -0.25) is 4.79 Å². The molecule has 4 nitrogen and oxygen atoms in total. The minimum absolute atomic E-state index is 0.00252. The highest BCUT2D eigenvalue weighted by molar-refractivity contribution is 6.06. The summed E-state index contributed by atoms with van der Waals surface area (Å²) in [6.07, 6.45) is 6.66. The predicted octanol–water partition coefficient (Wildman–Crippen LogP) is 6.81. The summed E-state index contributed by atoms with van der Waals surface area (Å²) in [6.45, 7) is 1.34. The molecule has 0 bridgehead atoms. The van der Waals surface area contributed by atoms with Crippen molar-refractivity contribution in [3.05, 3.63) is 58.7 Å². The SMILES string of the molecule is CCOc1cc(/C=C2\C[C@H]3[C@@H]4CCc5cc(OC)ccc5[C@H]4CC[C@]3(C)C2=O)ccc1OC(F)F. The third kappa shape index (κ3) is 4.21. The van der Waals surface area contributed by atoms with Gasteiger partial charge in [-0.1, -0.05) is 19.1 Å². The number of halogens is 2. The molecule has 6 heteroatoms. The number of methoxy groups -OCH3 is 1. The molecule has 186 valence electrons. The lowest BCUT2D eigenvalue weighted by atomic mass is 9.55. The number of ketones is 1. The van der Waals surface area contributed by atoms with E-state index in [0.717, 1.165) is 49.0 Å². The molecule has 0 spiro atoms. The Bertz CT molecular complexity index is 1160. The molecule has 0 radical (unpaired) electrons. The molecule has 0 heterocycles. The second-order valence-electron chi connectivity index (χ2n) is 10.2. The monoisotopic (exact) mass is 482 g/mol. The fourth-order valence-corrected chi connectivity index (χ4v) is 6.76. The summed E-state index contributed by atoms with van der Waals surface area (Å²) in [4.78, 5) is 13.7. The lowest BCUT2D eigenvalue weighted by Gasteiger charge is -2.48. The van der Waals surface area contributed by atoms with Crippen molar-refractivity contribution in [3.8, 4) is 17.2 Å². The maximum absolute atomic E-state index is 13.7. The molecule has 2 aromatic carbocycles. The number of fused-ring (bicyclic) bond motifs is 5. The number of hydrogen-bond acceptors (Lipinski definition) is 4. The number of hydrogen-bond donors (Lipinski definition) is 0. The quantitative estimate of drug-likeness (QED) is 0.424. The van der Waals surface area contributed by atoms with E-state index in [0.29, 0.717) is 24.4 Å². The van der Waals surface area contributed by atoms with Gasteiger partial charge in [0.1, 0.15) is 5.75 Å². The van der Waals surface area contributed by atoms with Gasteiger partial charge in [-0.15, -0.1) is 0 Å². The van der Waals surface area contributed by atoms with Crippen LogP contribution in [0.1, 0.15) is 62.1 Å². The van der Waals surface area contributed by atoms with Crippen LogP contribution in [-0.4, -0.2) is 26.1 Å². The van der Waals surface area contributed by atoms with Crippen LogP contribution in [0.25, 0.3) is 6.08 Å². The van der Waals surface area contributed by atoms with Gasteiger partial charge in [-0.05, 0) is 109 Å². The van der Waals surface area contributed by atoms with Crippen molar-refractivity contribution in [2.45, 2.75) is 58.5 Å². The van der Waals surface area contributed by atoms with Crippen LogP contribution in [-0.2, 0) is 11.2 Å². The molecule has 0 unspecified atom stereocenters. The van der Waals surface area contributed by atoms with Crippen LogP contribution in [0.4, 0.5) is 8.78 Å². The molecule has 2 fully saturated rings. The Kier molecular flexibility index (Phi) is 6.32. The topological polar surface area (TPSA) is 44.8 Å². The van der Waals surface area contributed by atoms with Crippen molar-refractivity contribution in [2.75, 3.05) is 13.7 Å². The Labute approximate surface area is 205 Å². The standard InChI is InChI=1S/C29H32F2O4/c1-4-34-26-14-17(5-10-25(26)35-28(30)31)13-19-16-24-23-8-6-18-15-20(33-3)7-9-21(18)22(23)11-12-29(24,2)27(19)32/h5,7,9-10,13-15,22-24,28H,4,6,8,11-12,16H2,1-3H3/b19-13+/t22-,23-,24+,29+/m1/s1. The number of rotatable bonds is 6. The molecule has 3 aliphatic rings. The number of benzene rings is 2. The van der Waals surface area contributed by atoms with Gasteiger partial charge in [-0.2, -0.15) is 8.78 Å². The summed E-state index contributed by atoms with van der Waals surface area (Å²) < 4.78 is 41.1. The van der Waals surface area contributed by atoms with Gasteiger partial charge in [0.05, 0.1) is 13.7 Å². The summed E-state index contributed by atoms with van der Waals surface area (Å²) in [6, 6.07) is 11.3. The Morgan fingerprint density at radius 2 is 1.97 bits per heavy atom. The average Bonchev–Trinajstić information content (AvgIpc) is 3.10. The maximum Gasteiger partial charge on any atom is 0.387 e. The summed E-state index contributed by atoms with van der Waals surface area (Å²) in [5.41, 5.74) is 4.04. The number of alkyl halides is 2. The lowest BCUT2D eigenvalue weighted by molar-refractivity contribution is -0.127. The fourth-order valence-electron chi connectivity index (χ4n) is 6.76. The molecule has 0 aliphatic heterocycles. The van der Waals surface area contributed by atoms with E-state index in [2.05, 4.69) is 29.9 Å². The van der Waals surface area contributed by atoms with Crippen LogP contribution in [0.2, 0.25) is 0 Å². The maximum atomic E-state index is 13.7. The van der Waals surface area contributed by atoms with Gasteiger partial charge in [0.15, 0.2) is 17.3 Å². The number of carbonyl (C=O) groups excluding carboxylic acids is 1. The van der Waals surface area contributed by atoms with E-state index in [4.69, 9.17) is 9.47 Å². The summed E-state index contributed by atoms with van der Waals surface area (Å²) in [5, 5.41) is 0. The van der Waals surface area contributed by atoms with Gasteiger partial charge in [0.2, 0.25) is 0 Å². The first-order valence-corrected chi connectivity index (χ1v) is 12.5. The zero-order valence-corrected chi connectivity index (χ0v) is 20.5. The first-order chi connectivity index (χ1) is 16.8. The van der Waals surface area contributed by atoms with Crippen LogP contribution in [0.5, 0.6) is 17.2 Å². The molecule has 5 rings (SSSR count). The first-order valence-electron chi connectivity index (χ1n) is 12.5. The highest BCUT2D eigenvalue weighted by atomic mass is 19.3. The van der Waals surface area contributed by atoms with Crippen molar-refractivity contribution < 1.29 is 27.8 Å². The molecule has 2 saturated carbocycles. The summed E-state index contributed by atoms with van der Waals surface area (Å²) in [5.74, 6) is 2.66. The van der Waals surface area contributed by atoms with Crippen molar-refractivity contribution in [3.63, 3.8) is 0 Å². The number of aryl methyl sites for hydroxylation is 1. The van der Waals surface area contributed by atoms with E-state index < -0.39 is 6.61 Å². The first kappa shape index (κ1) is 23.8. The van der Waals surface area contributed by atoms with E-state index in [1.54, 1.807) is 26.2 Å². The number of carbonyl (C=O) groups is 1. The fraction of sp³-hybridized carbons (Fsp3) is 0.483. The highest BCUT2D eigenvalue weighted by Crippen LogP contribution is 2.61. The Balaban J connectivity index is 1.43. The van der Waals surface area contributed by atoms with Gasteiger partial charge < -0.3 is 14.2 Å². The summed E-state index contributed by atoms with van der Waals surface area (Å²) >= 11 is 0. The number of Topliss-reactive ketones (excluding diaryl/α,β-unsaturated/α-hetero) is 1. The van der Waals surface area contributed by atoms with Gasteiger partial charge in [0.25, 0.3) is 0 Å².